The van der Waals surface area contributed by atoms with Crippen LogP contribution in [0.15, 0.2) is 46.9 Å². The first kappa shape index (κ1) is 21.0. The minimum Gasteiger partial charge on any atom is -0.494 e. The summed E-state index contributed by atoms with van der Waals surface area (Å²) in [6.07, 6.45) is -0.536. The SMILES string of the molecule is COc1ccc(CN2CCN(CC(O)COc3ccc(Br)cc3)CC2)cc1F. The minimum atomic E-state index is -0.536. The van der Waals surface area contributed by atoms with Crippen LogP contribution >= 0.6 is 15.9 Å². The van der Waals surface area contributed by atoms with Gasteiger partial charge in [-0.3, -0.25) is 9.80 Å². The summed E-state index contributed by atoms with van der Waals surface area (Å²) in [5.41, 5.74) is 0.940. The lowest BCUT2D eigenvalue weighted by Crippen LogP contribution is -2.48. The van der Waals surface area contributed by atoms with Crippen molar-refractivity contribution in [3.05, 3.63) is 58.3 Å². The third-order valence-corrected chi connectivity index (χ3v) is 5.34. The molecule has 152 valence electrons. The number of piperazine rings is 1. The first-order chi connectivity index (χ1) is 13.5. The van der Waals surface area contributed by atoms with Crippen molar-refractivity contribution >= 4 is 15.9 Å². The molecule has 1 atom stereocenters. The lowest BCUT2D eigenvalue weighted by atomic mass is 10.1. The molecular weight excluding hydrogens is 427 g/mol. The molecule has 0 aliphatic carbocycles. The molecule has 0 aromatic heterocycles. The molecule has 1 aliphatic rings. The molecular formula is C21H26BrFN2O3. The summed E-state index contributed by atoms with van der Waals surface area (Å²) >= 11 is 3.39. The number of methoxy groups -OCH3 is 1. The number of hydrogen-bond acceptors (Lipinski definition) is 5. The van der Waals surface area contributed by atoms with E-state index in [0.717, 1.165) is 42.0 Å². The monoisotopic (exact) mass is 452 g/mol. The maximum Gasteiger partial charge on any atom is 0.165 e. The van der Waals surface area contributed by atoms with E-state index in [1.54, 1.807) is 6.07 Å². The van der Waals surface area contributed by atoms with Gasteiger partial charge in [0.2, 0.25) is 0 Å². The second-order valence-corrected chi connectivity index (χ2v) is 7.88. The van der Waals surface area contributed by atoms with Crippen LogP contribution in [0.1, 0.15) is 5.56 Å². The van der Waals surface area contributed by atoms with E-state index < -0.39 is 6.10 Å². The van der Waals surface area contributed by atoms with Gasteiger partial charge in [0, 0.05) is 43.7 Å². The standard InChI is InChI=1S/C21H26BrFN2O3/c1-27-21-7-2-16(12-20(21)23)13-24-8-10-25(11-9-24)14-18(26)15-28-19-5-3-17(22)4-6-19/h2-7,12,18,26H,8-11,13-15H2,1H3. The molecule has 1 saturated heterocycles. The molecule has 0 amide bonds. The van der Waals surface area contributed by atoms with Crippen LogP contribution < -0.4 is 9.47 Å². The number of halogens is 2. The van der Waals surface area contributed by atoms with Crippen molar-refractivity contribution in [1.82, 2.24) is 9.80 Å². The Morgan fingerprint density at radius 2 is 1.75 bits per heavy atom. The van der Waals surface area contributed by atoms with Gasteiger partial charge in [-0.25, -0.2) is 4.39 Å². The average Bonchev–Trinajstić information content (AvgIpc) is 2.69. The number of hydrogen-bond donors (Lipinski definition) is 1. The largest absolute Gasteiger partial charge is 0.494 e. The third kappa shape index (κ3) is 6.17. The van der Waals surface area contributed by atoms with E-state index in [1.165, 1.54) is 13.2 Å². The molecule has 7 heteroatoms. The average molecular weight is 453 g/mol. The predicted molar refractivity (Wildman–Crippen MR) is 110 cm³/mol. The molecule has 0 bridgehead atoms. The van der Waals surface area contributed by atoms with Crippen molar-refractivity contribution in [2.45, 2.75) is 12.6 Å². The van der Waals surface area contributed by atoms with Gasteiger partial charge in [0.1, 0.15) is 18.5 Å². The van der Waals surface area contributed by atoms with Crippen molar-refractivity contribution < 1.29 is 19.0 Å². The van der Waals surface area contributed by atoms with Crippen molar-refractivity contribution in [3.63, 3.8) is 0 Å². The topological polar surface area (TPSA) is 45.2 Å². The summed E-state index contributed by atoms with van der Waals surface area (Å²) < 4.78 is 25.4. The smallest absolute Gasteiger partial charge is 0.165 e. The number of rotatable bonds is 8. The second-order valence-electron chi connectivity index (χ2n) is 6.96. The van der Waals surface area contributed by atoms with Gasteiger partial charge in [0.25, 0.3) is 0 Å². The highest BCUT2D eigenvalue weighted by atomic mass is 79.9. The van der Waals surface area contributed by atoms with Crippen LogP contribution in [0.25, 0.3) is 0 Å². The summed E-state index contributed by atoms with van der Waals surface area (Å²) in [4.78, 5) is 4.53. The van der Waals surface area contributed by atoms with Crippen LogP contribution in [0.3, 0.4) is 0 Å². The molecule has 1 fully saturated rings. The molecule has 0 saturated carbocycles. The Kier molecular flexibility index (Phi) is 7.67. The predicted octanol–water partition coefficient (Wildman–Crippen LogP) is 3.15. The van der Waals surface area contributed by atoms with E-state index in [-0.39, 0.29) is 18.2 Å². The van der Waals surface area contributed by atoms with E-state index in [4.69, 9.17) is 9.47 Å². The van der Waals surface area contributed by atoms with Gasteiger partial charge < -0.3 is 14.6 Å². The fourth-order valence-corrected chi connectivity index (χ4v) is 3.53. The quantitative estimate of drug-likeness (QED) is 0.666. The van der Waals surface area contributed by atoms with Gasteiger partial charge in [-0.05, 0) is 42.0 Å². The molecule has 1 heterocycles. The van der Waals surface area contributed by atoms with Crippen LogP contribution in [-0.2, 0) is 6.54 Å². The number of β-amino-alcohol motifs (C(OH)–C–C–N with tert-alkyl or cyclic N) is 1. The molecule has 5 nitrogen and oxygen atoms in total. The normalized spacial score (nSPS) is 16.7. The number of nitrogens with zero attached hydrogens (tertiary/aromatic N) is 2. The molecule has 3 rings (SSSR count). The summed E-state index contributed by atoms with van der Waals surface area (Å²) in [7, 11) is 1.47. The van der Waals surface area contributed by atoms with Gasteiger partial charge in [0.05, 0.1) is 7.11 Å². The van der Waals surface area contributed by atoms with Crippen molar-refractivity contribution in [1.29, 1.82) is 0 Å². The zero-order chi connectivity index (χ0) is 19.9. The van der Waals surface area contributed by atoms with Gasteiger partial charge in [-0.1, -0.05) is 22.0 Å². The Balaban J connectivity index is 1.38. The van der Waals surface area contributed by atoms with E-state index >= 15 is 0 Å². The van der Waals surface area contributed by atoms with E-state index in [2.05, 4.69) is 25.7 Å². The maximum atomic E-state index is 13.8. The van der Waals surface area contributed by atoms with E-state index in [0.29, 0.717) is 13.1 Å². The van der Waals surface area contributed by atoms with E-state index in [9.17, 15) is 9.50 Å². The zero-order valence-electron chi connectivity index (χ0n) is 16.0. The molecule has 0 radical (unpaired) electrons. The molecule has 1 aliphatic heterocycles. The zero-order valence-corrected chi connectivity index (χ0v) is 17.6. The van der Waals surface area contributed by atoms with Crippen LogP contribution in [0, 0.1) is 5.82 Å². The highest BCUT2D eigenvalue weighted by Gasteiger charge is 2.20. The van der Waals surface area contributed by atoms with Crippen LogP contribution in [-0.4, -0.2) is 67.5 Å². The van der Waals surface area contributed by atoms with Crippen molar-refractivity contribution in [2.24, 2.45) is 0 Å². The van der Waals surface area contributed by atoms with Gasteiger partial charge in [-0.15, -0.1) is 0 Å². The first-order valence-corrected chi connectivity index (χ1v) is 10.2. The Morgan fingerprint density at radius 1 is 1.07 bits per heavy atom. The summed E-state index contributed by atoms with van der Waals surface area (Å²) in [6, 6.07) is 12.7. The van der Waals surface area contributed by atoms with Crippen LogP contribution in [0.4, 0.5) is 4.39 Å². The Hall–Kier alpha value is -1.67. The summed E-state index contributed by atoms with van der Waals surface area (Å²) in [5, 5.41) is 10.3. The highest BCUT2D eigenvalue weighted by Crippen LogP contribution is 2.19. The van der Waals surface area contributed by atoms with Gasteiger partial charge in [0.15, 0.2) is 11.6 Å². The first-order valence-electron chi connectivity index (χ1n) is 9.37. The molecule has 1 unspecified atom stereocenters. The van der Waals surface area contributed by atoms with Crippen molar-refractivity contribution in [3.8, 4) is 11.5 Å². The minimum absolute atomic E-state index is 0.271. The van der Waals surface area contributed by atoms with Crippen LogP contribution in [0.2, 0.25) is 0 Å². The van der Waals surface area contributed by atoms with E-state index in [1.807, 2.05) is 30.3 Å². The summed E-state index contributed by atoms with van der Waals surface area (Å²) in [5.74, 6) is 0.694. The molecule has 1 N–H and O–H groups in total. The van der Waals surface area contributed by atoms with Crippen molar-refractivity contribution in [2.75, 3.05) is 46.4 Å². The second kappa shape index (κ2) is 10.2. The molecule has 0 spiro atoms. The van der Waals surface area contributed by atoms with Gasteiger partial charge in [-0.2, -0.15) is 0 Å². The lowest BCUT2D eigenvalue weighted by Gasteiger charge is -2.35. The number of ether oxygens (including phenoxy) is 2. The number of aliphatic hydroxyl groups excluding tert-OH is 1. The fourth-order valence-electron chi connectivity index (χ4n) is 3.27. The Morgan fingerprint density at radius 3 is 2.39 bits per heavy atom. The Labute approximate surface area is 173 Å². The maximum absolute atomic E-state index is 13.8. The Bertz CT molecular complexity index is 752. The number of benzene rings is 2. The third-order valence-electron chi connectivity index (χ3n) is 4.81. The molecule has 2 aromatic rings. The highest BCUT2D eigenvalue weighted by molar-refractivity contribution is 9.10. The van der Waals surface area contributed by atoms with Crippen LogP contribution in [0.5, 0.6) is 11.5 Å². The fraction of sp³-hybridized carbons (Fsp3) is 0.429. The number of aliphatic hydroxyl groups is 1. The molecule has 2 aromatic carbocycles. The van der Waals surface area contributed by atoms with Gasteiger partial charge >= 0.3 is 0 Å². The molecule has 28 heavy (non-hydrogen) atoms. The lowest BCUT2D eigenvalue weighted by molar-refractivity contribution is 0.0446. The summed E-state index contributed by atoms with van der Waals surface area (Å²) in [6.45, 7) is 5.07.